The first-order valence-corrected chi connectivity index (χ1v) is 8.08. The zero-order valence-electron chi connectivity index (χ0n) is 14.5. The van der Waals surface area contributed by atoms with E-state index in [-0.39, 0.29) is 6.04 Å². The van der Waals surface area contributed by atoms with E-state index in [2.05, 4.69) is 38.8 Å². The van der Waals surface area contributed by atoms with Gasteiger partial charge in [0.2, 0.25) is 0 Å². The molecule has 0 saturated heterocycles. The molecule has 3 aromatic rings. The summed E-state index contributed by atoms with van der Waals surface area (Å²) in [5.74, 6) is 2.00. The fraction of sp³-hybridized carbons (Fsp3) is 0.471. The molecule has 6 heteroatoms. The molecule has 1 atom stereocenters. The van der Waals surface area contributed by atoms with Gasteiger partial charge in [-0.05, 0) is 27.2 Å². The number of aryl methyl sites for hydroxylation is 4. The van der Waals surface area contributed by atoms with Crippen LogP contribution in [0.3, 0.4) is 0 Å². The average Bonchev–Trinajstić information content (AvgIpc) is 3.05. The van der Waals surface area contributed by atoms with Crippen LogP contribution in [0, 0.1) is 20.8 Å². The summed E-state index contributed by atoms with van der Waals surface area (Å²) in [5.41, 5.74) is 4.04. The standard InChI is InChI=1S/C17H24N6/c1-6-7-14(17-18-8-9-22(17)5)20-15-10-11(2)19-16-12(3)13(4)21-23(15)16/h8-10,14,20H,6-7H2,1-5H3/t14-/m0/s1. The minimum Gasteiger partial charge on any atom is -0.360 e. The normalized spacial score (nSPS) is 12.7. The van der Waals surface area contributed by atoms with Gasteiger partial charge < -0.3 is 9.88 Å². The lowest BCUT2D eigenvalue weighted by Gasteiger charge is -2.20. The largest absolute Gasteiger partial charge is 0.360 e. The monoisotopic (exact) mass is 312 g/mol. The molecule has 6 nitrogen and oxygen atoms in total. The number of hydrogen-bond acceptors (Lipinski definition) is 4. The van der Waals surface area contributed by atoms with Gasteiger partial charge in [0.1, 0.15) is 11.6 Å². The molecule has 3 aromatic heterocycles. The Morgan fingerprint density at radius 1 is 1.26 bits per heavy atom. The van der Waals surface area contributed by atoms with Gasteiger partial charge in [-0.25, -0.2) is 9.97 Å². The van der Waals surface area contributed by atoms with Crippen molar-refractivity contribution in [2.75, 3.05) is 5.32 Å². The lowest BCUT2D eigenvalue weighted by molar-refractivity contribution is 0.608. The zero-order chi connectivity index (χ0) is 16.6. The number of fused-ring (bicyclic) bond motifs is 1. The van der Waals surface area contributed by atoms with E-state index in [1.807, 2.05) is 43.9 Å². The Morgan fingerprint density at radius 2 is 2.04 bits per heavy atom. The number of aromatic nitrogens is 5. The van der Waals surface area contributed by atoms with E-state index in [0.29, 0.717) is 0 Å². The van der Waals surface area contributed by atoms with Crippen LogP contribution in [0.5, 0.6) is 0 Å². The summed E-state index contributed by atoms with van der Waals surface area (Å²) >= 11 is 0. The van der Waals surface area contributed by atoms with Crippen LogP contribution in [0.15, 0.2) is 18.5 Å². The Kier molecular flexibility index (Phi) is 4.07. The van der Waals surface area contributed by atoms with Crippen molar-refractivity contribution in [3.63, 3.8) is 0 Å². The Balaban J connectivity index is 2.05. The number of anilines is 1. The van der Waals surface area contributed by atoms with Gasteiger partial charge in [-0.2, -0.15) is 9.61 Å². The van der Waals surface area contributed by atoms with E-state index >= 15 is 0 Å². The molecule has 0 aliphatic rings. The smallest absolute Gasteiger partial charge is 0.160 e. The third kappa shape index (κ3) is 2.81. The Hall–Kier alpha value is -2.37. The molecule has 0 aliphatic carbocycles. The second-order valence-electron chi connectivity index (χ2n) is 6.11. The van der Waals surface area contributed by atoms with Crippen LogP contribution in [0.1, 0.15) is 48.6 Å². The molecule has 0 aromatic carbocycles. The molecule has 23 heavy (non-hydrogen) atoms. The van der Waals surface area contributed by atoms with Crippen LogP contribution in [0.25, 0.3) is 5.65 Å². The Bertz CT molecular complexity index is 829. The van der Waals surface area contributed by atoms with E-state index in [1.165, 1.54) is 0 Å². The highest BCUT2D eigenvalue weighted by atomic mass is 15.3. The van der Waals surface area contributed by atoms with E-state index < -0.39 is 0 Å². The van der Waals surface area contributed by atoms with E-state index in [1.54, 1.807) is 0 Å². The van der Waals surface area contributed by atoms with Crippen molar-refractivity contribution in [3.8, 4) is 0 Å². The SMILES string of the molecule is CCC[C@H](Nc1cc(C)nc2c(C)c(C)nn12)c1nccn1C. The molecule has 0 bridgehead atoms. The fourth-order valence-corrected chi connectivity index (χ4v) is 2.90. The van der Waals surface area contributed by atoms with Crippen LogP contribution in [-0.2, 0) is 7.05 Å². The third-order valence-electron chi connectivity index (χ3n) is 4.25. The first-order valence-electron chi connectivity index (χ1n) is 8.08. The molecule has 0 fully saturated rings. The van der Waals surface area contributed by atoms with Gasteiger partial charge in [0, 0.05) is 36.8 Å². The van der Waals surface area contributed by atoms with Crippen molar-refractivity contribution >= 4 is 11.5 Å². The predicted octanol–water partition coefficient (Wildman–Crippen LogP) is 3.34. The molecular formula is C17H24N6. The van der Waals surface area contributed by atoms with Gasteiger partial charge in [-0.1, -0.05) is 13.3 Å². The van der Waals surface area contributed by atoms with E-state index in [0.717, 1.165) is 47.1 Å². The van der Waals surface area contributed by atoms with Gasteiger partial charge in [0.05, 0.1) is 11.7 Å². The molecule has 0 spiro atoms. The Morgan fingerprint density at radius 3 is 2.70 bits per heavy atom. The fourth-order valence-electron chi connectivity index (χ4n) is 2.90. The summed E-state index contributed by atoms with van der Waals surface area (Å²) in [6.07, 6.45) is 5.91. The molecule has 122 valence electrons. The summed E-state index contributed by atoms with van der Waals surface area (Å²) < 4.78 is 3.97. The van der Waals surface area contributed by atoms with Crippen LogP contribution in [0.4, 0.5) is 5.82 Å². The summed E-state index contributed by atoms with van der Waals surface area (Å²) in [5, 5.41) is 8.26. The third-order valence-corrected chi connectivity index (χ3v) is 4.25. The van der Waals surface area contributed by atoms with Crippen LogP contribution < -0.4 is 5.32 Å². The molecule has 0 radical (unpaired) electrons. The van der Waals surface area contributed by atoms with E-state index in [9.17, 15) is 0 Å². The maximum Gasteiger partial charge on any atom is 0.160 e. The number of nitrogens with zero attached hydrogens (tertiary/aromatic N) is 5. The Labute approximate surface area is 136 Å². The zero-order valence-corrected chi connectivity index (χ0v) is 14.5. The van der Waals surface area contributed by atoms with Crippen molar-refractivity contribution in [3.05, 3.63) is 41.2 Å². The molecule has 3 heterocycles. The second kappa shape index (κ2) is 6.02. The molecule has 0 saturated carbocycles. The van der Waals surface area contributed by atoms with Crippen molar-refractivity contribution in [1.29, 1.82) is 0 Å². The topological polar surface area (TPSA) is 60.0 Å². The van der Waals surface area contributed by atoms with Crippen LogP contribution in [-0.4, -0.2) is 24.1 Å². The number of nitrogens with one attached hydrogen (secondary N) is 1. The molecular weight excluding hydrogens is 288 g/mol. The highest BCUT2D eigenvalue weighted by molar-refractivity contribution is 5.56. The van der Waals surface area contributed by atoms with Crippen molar-refractivity contribution < 1.29 is 0 Å². The molecule has 3 rings (SSSR count). The highest BCUT2D eigenvalue weighted by Crippen LogP contribution is 2.25. The number of imidazole rings is 1. The second-order valence-corrected chi connectivity index (χ2v) is 6.11. The van der Waals surface area contributed by atoms with Gasteiger partial charge >= 0.3 is 0 Å². The average molecular weight is 312 g/mol. The predicted molar refractivity (Wildman–Crippen MR) is 91.7 cm³/mol. The van der Waals surface area contributed by atoms with Gasteiger partial charge in [0.25, 0.3) is 0 Å². The summed E-state index contributed by atoms with van der Waals surface area (Å²) in [6, 6.07) is 2.19. The number of hydrogen-bond donors (Lipinski definition) is 1. The molecule has 1 N–H and O–H groups in total. The van der Waals surface area contributed by atoms with Gasteiger partial charge in [0.15, 0.2) is 5.65 Å². The molecule has 0 amide bonds. The lowest BCUT2D eigenvalue weighted by Crippen LogP contribution is -2.17. The maximum atomic E-state index is 4.64. The van der Waals surface area contributed by atoms with Crippen LogP contribution >= 0.6 is 0 Å². The van der Waals surface area contributed by atoms with Gasteiger partial charge in [-0.3, -0.25) is 0 Å². The summed E-state index contributed by atoms with van der Waals surface area (Å²) in [4.78, 5) is 9.14. The van der Waals surface area contributed by atoms with E-state index in [4.69, 9.17) is 0 Å². The minimum absolute atomic E-state index is 0.148. The first-order chi connectivity index (χ1) is 11.0. The minimum atomic E-state index is 0.148. The highest BCUT2D eigenvalue weighted by Gasteiger charge is 2.18. The first kappa shape index (κ1) is 15.5. The molecule has 0 aliphatic heterocycles. The quantitative estimate of drug-likeness (QED) is 0.785. The van der Waals surface area contributed by atoms with Crippen molar-refractivity contribution in [2.45, 2.75) is 46.6 Å². The van der Waals surface area contributed by atoms with Crippen molar-refractivity contribution in [2.24, 2.45) is 7.05 Å². The summed E-state index contributed by atoms with van der Waals surface area (Å²) in [6.45, 7) is 8.29. The summed E-state index contributed by atoms with van der Waals surface area (Å²) in [7, 11) is 2.03. The molecule has 0 unspecified atom stereocenters. The van der Waals surface area contributed by atoms with Crippen molar-refractivity contribution in [1.82, 2.24) is 24.1 Å². The lowest BCUT2D eigenvalue weighted by atomic mass is 10.1. The maximum absolute atomic E-state index is 4.64. The number of rotatable bonds is 5. The van der Waals surface area contributed by atoms with Gasteiger partial charge in [-0.15, -0.1) is 0 Å². The van der Waals surface area contributed by atoms with Crippen LogP contribution in [0.2, 0.25) is 0 Å².